The molecule has 7 nitrogen and oxygen atoms in total. The van der Waals surface area contributed by atoms with Gasteiger partial charge in [-0.15, -0.1) is 11.3 Å². The number of ether oxygens (including phenoxy) is 3. The molecule has 0 atom stereocenters. The van der Waals surface area contributed by atoms with Crippen LogP contribution in [0.1, 0.15) is 42.9 Å². The Kier molecular flexibility index (Phi) is 7.65. The quantitative estimate of drug-likeness (QED) is 0.531. The first kappa shape index (κ1) is 21.5. The first-order chi connectivity index (χ1) is 13.4. The van der Waals surface area contributed by atoms with Crippen LogP contribution in [-0.4, -0.2) is 44.8 Å². The lowest BCUT2D eigenvalue weighted by atomic mass is 10.1. The highest BCUT2D eigenvalue weighted by Crippen LogP contribution is 2.34. The van der Waals surface area contributed by atoms with E-state index in [1.807, 2.05) is 0 Å². The Labute approximate surface area is 165 Å². The van der Waals surface area contributed by atoms with Crippen molar-refractivity contribution < 1.29 is 33.0 Å². The minimum absolute atomic E-state index is 0.0373. The summed E-state index contributed by atoms with van der Waals surface area (Å²) in [6, 6.07) is 5.44. The molecule has 0 aliphatic heterocycles. The number of carbonyl (C=O) groups is 3. The molecule has 0 unspecified atom stereocenters. The highest BCUT2D eigenvalue weighted by Gasteiger charge is 2.28. The van der Waals surface area contributed by atoms with Crippen molar-refractivity contribution >= 4 is 34.2 Å². The van der Waals surface area contributed by atoms with Crippen LogP contribution in [0.15, 0.2) is 24.3 Å². The van der Waals surface area contributed by atoms with Crippen molar-refractivity contribution in [1.29, 1.82) is 0 Å². The van der Waals surface area contributed by atoms with Crippen LogP contribution < -0.4 is 5.32 Å². The van der Waals surface area contributed by atoms with Gasteiger partial charge in [-0.3, -0.25) is 4.79 Å². The molecule has 1 amide bonds. The van der Waals surface area contributed by atoms with Gasteiger partial charge in [0.1, 0.15) is 22.3 Å². The summed E-state index contributed by atoms with van der Waals surface area (Å²) in [5.41, 5.74) is 0.164. The van der Waals surface area contributed by atoms with E-state index in [9.17, 15) is 18.8 Å². The summed E-state index contributed by atoms with van der Waals surface area (Å²) >= 11 is 0.865. The fraction of sp³-hybridized carbons (Fsp3) is 0.316. The zero-order valence-corrected chi connectivity index (χ0v) is 16.5. The van der Waals surface area contributed by atoms with Crippen molar-refractivity contribution in [2.24, 2.45) is 0 Å². The Balaban J connectivity index is 2.37. The summed E-state index contributed by atoms with van der Waals surface area (Å²) in [4.78, 5) is 37.2. The van der Waals surface area contributed by atoms with E-state index in [0.29, 0.717) is 5.56 Å². The zero-order chi connectivity index (χ0) is 20.7. The number of halogens is 1. The van der Waals surface area contributed by atoms with E-state index in [1.54, 1.807) is 13.8 Å². The molecule has 2 rings (SSSR count). The molecule has 0 bridgehead atoms. The summed E-state index contributed by atoms with van der Waals surface area (Å²) in [7, 11) is 1.47. The lowest BCUT2D eigenvalue weighted by molar-refractivity contribution is 0.0392. The average Bonchev–Trinajstić information content (AvgIpc) is 2.98. The first-order valence-corrected chi connectivity index (χ1v) is 9.24. The Morgan fingerprint density at radius 1 is 1.11 bits per heavy atom. The summed E-state index contributed by atoms with van der Waals surface area (Å²) in [5.74, 6) is -2.80. The molecule has 0 fully saturated rings. The van der Waals surface area contributed by atoms with Gasteiger partial charge in [0.25, 0.3) is 5.91 Å². The second kappa shape index (κ2) is 9.95. The van der Waals surface area contributed by atoms with E-state index in [0.717, 1.165) is 17.4 Å². The third-order valence-corrected chi connectivity index (χ3v) is 4.87. The lowest BCUT2D eigenvalue weighted by Gasteiger charge is -2.07. The van der Waals surface area contributed by atoms with Gasteiger partial charge in [0.2, 0.25) is 0 Å². The van der Waals surface area contributed by atoms with E-state index in [4.69, 9.17) is 14.2 Å². The summed E-state index contributed by atoms with van der Waals surface area (Å²) < 4.78 is 28.8. The van der Waals surface area contributed by atoms with Crippen LogP contribution in [-0.2, 0) is 14.2 Å². The van der Waals surface area contributed by atoms with Gasteiger partial charge in [0, 0.05) is 7.11 Å². The van der Waals surface area contributed by atoms with Gasteiger partial charge in [-0.05, 0) is 31.5 Å². The topological polar surface area (TPSA) is 90.9 Å². The molecule has 1 aromatic carbocycles. The number of hydrogen-bond acceptors (Lipinski definition) is 7. The maximum atomic E-state index is 13.9. The highest BCUT2D eigenvalue weighted by molar-refractivity contribution is 7.18. The number of thiophene rings is 1. The second-order valence-electron chi connectivity index (χ2n) is 5.54. The van der Waals surface area contributed by atoms with Crippen LogP contribution in [0.25, 0.3) is 0 Å². The monoisotopic (exact) mass is 409 g/mol. The molecule has 1 heterocycles. The Bertz CT molecular complexity index is 879. The second-order valence-corrected chi connectivity index (χ2v) is 6.56. The number of rotatable bonds is 8. The van der Waals surface area contributed by atoms with Crippen molar-refractivity contribution in [2.45, 2.75) is 13.8 Å². The summed E-state index contributed by atoms with van der Waals surface area (Å²) in [6.45, 7) is 3.56. The first-order valence-electron chi connectivity index (χ1n) is 8.43. The van der Waals surface area contributed by atoms with Gasteiger partial charge in [0.05, 0.1) is 24.3 Å². The van der Waals surface area contributed by atoms with Crippen LogP contribution in [0, 0.1) is 12.7 Å². The van der Waals surface area contributed by atoms with Gasteiger partial charge in [-0.2, -0.15) is 0 Å². The number of amides is 1. The maximum absolute atomic E-state index is 13.9. The number of methoxy groups -OCH3 is 1. The molecule has 0 spiro atoms. The van der Waals surface area contributed by atoms with E-state index in [-0.39, 0.29) is 40.8 Å². The number of nitrogens with one attached hydrogen (secondary N) is 1. The van der Waals surface area contributed by atoms with E-state index in [1.165, 1.54) is 25.3 Å². The Morgan fingerprint density at radius 2 is 1.82 bits per heavy atom. The number of benzene rings is 1. The van der Waals surface area contributed by atoms with Crippen LogP contribution in [0.2, 0.25) is 0 Å². The number of anilines is 1. The van der Waals surface area contributed by atoms with Gasteiger partial charge < -0.3 is 19.5 Å². The smallest absolute Gasteiger partial charge is 0.348 e. The molecule has 0 aliphatic carbocycles. The van der Waals surface area contributed by atoms with Crippen molar-refractivity contribution in [2.75, 3.05) is 32.2 Å². The van der Waals surface area contributed by atoms with Crippen molar-refractivity contribution in [3.63, 3.8) is 0 Å². The van der Waals surface area contributed by atoms with Crippen LogP contribution in [0.4, 0.5) is 9.39 Å². The standard InChI is InChI=1S/C19H20FNO6S/c1-4-26-18(23)14-11(2)15(19(24)27-10-9-25-3)28-17(14)21-16(22)12-7-5-6-8-13(12)20/h5-8H,4,9-10H2,1-3H3,(H,21,22). The molecule has 0 saturated carbocycles. The van der Waals surface area contributed by atoms with Gasteiger partial charge >= 0.3 is 11.9 Å². The summed E-state index contributed by atoms with van der Waals surface area (Å²) in [6.07, 6.45) is 0. The molecule has 0 saturated heterocycles. The zero-order valence-electron chi connectivity index (χ0n) is 15.7. The van der Waals surface area contributed by atoms with Gasteiger partial charge in [-0.1, -0.05) is 12.1 Å². The fourth-order valence-electron chi connectivity index (χ4n) is 2.34. The van der Waals surface area contributed by atoms with Gasteiger partial charge in [-0.25, -0.2) is 14.0 Å². The highest BCUT2D eigenvalue weighted by atomic mass is 32.1. The van der Waals surface area contributed by atoms with Crippen LogP contribution in [0.3, 0.4) is 0 Å². The summed E-state index contributed by atoms with van der Waals surface area (Å²) in [5, 5.41) is 2.58. The molecule has 9 heteroatoms. The third-order valence-electron chi connectivity index (χ3n) is 3.68. The van der Waals surface area contributed by atoms with E-state index >= 15 is 0 Å². The predicted molar refractivity (Wildman–Crippen MR) is 102 cm³/mol. The van der Waals surface area contributed by atoms with Crippen LogP contribution in [0.5, 0.6) is 0 Å². The molecule has 0 aliphatic rings. The minimum Gasteiger partial charge on any atom is -0.462 e. The minimum atomic E-state index is -0.746. The number of esters is 2. The molecule has 150 valence electrons. The molecule has 2 aromatic rings. The van der Waals surface area contributed by atoms with Gasteiger partial charge in [0.15, 0.2) is 0 Å². The average molecular weight is 409 g/mol. The lowest BCUT2D eigenvalue weighted by Crippen LogP contribution is -2.16. The Morgan fingerprint density at radius 3 is 2.46 bits per heavy atom. The molecule has 1 N–H and O–H groups in total. The Hall–Kier alpha value is -2.78. The molecule has 0 radical (unpaired) electrons. The van der Waals surface area contributed by atoms with Crippen molar-refractivity contribution in [1.82, 2.24) is 0 Å². The molecular formula is C19H20FNO6S. The van der Waals surface area contributed by atoms with Crippen LogP contribution >= 0.6 is 11.3 Å². The normalized spacial score (nSPS) is 10.4. The van der Waals surface area contributed by atoms with E-state index in [2.05, 4.69) is 5.32 Å². The largest absolute Gasteiger partial charge is 0.462 e. The molecule has 28 heavy (non-hydrogen) atoms. The van der Waals surface area contributed by atoms with E-state index < -0.39 is 23.7 Å². The van der Waals surface area contributed by atoms with Crippen molar-refractivity contribution in [3.8, 4) is 0 Å². The molecule has 1 aromatic heterocycles. The third kappa shape index (κ3) is 4.93. The maximum Gasteiger partial charge on any atom is 0.348 e. The number of hydrogen-bond donors (Lipinski definition) is 1. The number of carbonyl (C=O) groups excluding carboxylic acids is 3. The predicted octanol–water partition coefficient (Wildman–Crippen LogP) is 3.43. The van der Waals surface area contributed by atoms with Crippen molar-refractivity contribution in [3.05, 3.63) is 51.7 Å². The molecular weight excluding hydrogens is 389 g/mol. The fourth-order valence-corrected chi connectivity index (χ4v) is 3.43. The SMILES string of the molecule is CCOC(=O)c1c(NC(=O)c2ccccc2F)sc(C(=O)OCCOC)c1C.